The maximum Gasteiger partial charge on any atom is -0.00343 e. The molecule has 7 aromatic rings. The second kappa shape index (κ2) is 22.2. The summed E-state index contributed by atoms with van der Waals surface area (Å²) in [4.78, 5) is 0. The number of allylic oxidation sites excluding steroid dienone is 5. The maximum atomic E-state index is 4.32. The van der Waals surface area contributed by atoms with Gasteiger partial charge in [-0.25, -0.2) is 0 Å². The van der Waals surface area contributed by atoms with Gasteiger partial charge in [-0.1, -0.05) is 207 Å². The van der Waals surface area contributed by atoms with Crippen molar-refractivity contribution >= 4 is 40.3 Å². The predicted octanol–water partition coefficient (Wildman–Crippen LogP) is 16.8. The molecule has 0 saturated heterocycles. The summed E-state index contributed by atoms with van der Waals surface area (Å²) in [5.41, 5.74) is 16.1. The third-order valence-corrected chi connectivity index (χ3v) is 12.1. The van der Waals surface area contributed by atoms with Crippen LogP contribution in [-0.4, -0.2) is 0 Å². The summed E-state index contributed by atoms with van der Waals surface area (Å²) in [6, 6.07) is 46.5. The van der Waals surface area contributed by atoms with Crippen LogP contribution in [0.25, 0.3) is 62.5 Å². The SMILES string of the molecule is C=c1c(/C=C\C)c(C)c2ccccc2/c1=C/C=C(C)C.CC.Cc1ccc(-c2ccc(C)c(-c3c(C4(C)CC=CCCC4)ccc4ccccc34)c2)cc1.Cc1cccc(C)c1. The minimum atomic E-state index is 0.151. The van der Waals surface area contributed by atoms with E-state index >= 15 is 0 Å². The Labute approximate surface area is 374 Å². The highest BCUT2D eigenvalue weighted by molar-refractivity contribution is 6.00. The molecule has 62 heavy (non-hydrogen) atoms. The van der Waals surface area contributed by atoms with Crippen LogP contribution < -0.4 is 10.4 Å². The maximum absolute atomic E-state index is 4.32. The van der Waals surface area contributed by atoms with Crippen molar-refractivity contribution in [3.63, 3.8) is 0 Å². The monoisotopic (exact) mass is 815 g/mol. The summed E-state index contributed by atoms with van der Waals surface area (Å²) < 4.78 is 0. The zero-order chi connectivity index (χ0) is 44.8. The highest BCUT2D eigenvalue weighted by Crippen LogP contribution is 2.45. The van der Waals surface area contributed by atoms with E-state index in [9.17, 15) is 0 Å². The molecule has 0 saturated carbocycles. The molecule has 1 unspecified atom stereocenters. The topological polar surface area (TPSA) is 0 Å². The van der Waals surface area contributed by atoms with Gasteiger partial charge < -0.3 is 0 Å². The van der Waals surface area contributed by atoms with Gasteiger partial charge in [0.05, 0.1) is 0 Å². The van der Waals surface area contributed by atoms with Gasteiger partial charge in [0.15, 0.2) is 0 Å². The molecule has 0 heterocycles. The van der Waals surface area contributed by atoms with E-state index in [0.717, 1.165) is 11.6 Å². The molecule has 0 aromatic heterocycles. The van der Waals surface area contributed by atoms with Crippen LogP contribution in [0.1, 0.15) is 106 Å². The first-order chi connectivity index (χ1) is 29.9. The molecular formula is C62H70. The largest absolute Gasteiger partial charge is 0.0905 e. The number of hydrogen-bond donors (Lipinski definition) is 0. The zero-order valence-corrected chi connectivity index (χ0v) is 39.6. The van der Waals surface area contributed by atoms with Crippen LogP contribution in [0.15, 0.2) is 157 Å². The molecule has 7 aromatic carbocycles. The molecule has 1 aliphatic rings. The lowest BCUT2D eigenvalue weighted by Gasteiger charge is -2.32. The molecule has 0 nitrogen and oxygen atoms in total. The second-order valence-electron chi connectivity index (χ2n) is 17.3. The summed E-state index contributed by atoms with van der Waals surface area (Å²) in [6.07, 6.45) is 18.1. The summed E-state index contributed by atoms with van der Waals surface area (Å²) in [6.45, 7) is 27.9. The van der Waals surface area contributed by atoms with E-state index in [2.05, 4.69) is 226 Å². The van der Waals surface area contributed by atoms with Crippen LogP contribution in [0.2, 0.25) is 0 Å². The molecule has 0 fully saturated rings. The van der Waals surface area contributed by atoms with Crippen LogP contribution in [-0.2, 0) is 5.41 Å². The van der Waals surface area contributed by atoms with Crippen LogP contribution in [0.5, 0.6) is 0 Å². The van der Waals surface area contributed by atoms with Crippen molar-refractivity contribution in [3.05, 3.63) is 207 Å². The Hall–Kier alpha value is -5.98. The average molecular weight is 815 g/mol. The Kier molecular flexibility index (Phi) is 16.9. The third-order valence-electron chi connectivity index (χ3n) is 12.1. The van der Waals surface area contributed by atoms with Crippen LogP contribution in [0, 0.1) is 34.6 Å². The normalized spacial score (nSPS) is 14.9. The van der Waals surface area contributed by atoms with Gasteiger partial charge in [0.2, 0.25) is 0 Å². The molecular weight excluding hydrogens is 745 g/mol. The highest BCUT2D eigenvalue weighted by atomic mass is 14.3. The lowest BCUT2D eigenvalue weighted by Crippen LogP contribution is -2.27. The molecule has 1 atom stereocenters. The van der Waals surface area contributed by atoms with E-state index in [1.54, 1.807) is 0 Å². The van der Waals surface area contributed by atoms with E-state index in [0.29, 0.717) is 0 Å². The molecule has 0 spiro atoms. The van der Waals surface area contributed by atoms with E-state index in [4.69, 9.17) is 0 Å². The summed E-state index contributed by atoms with van der Waals surface area (Å²) in [7, 11) is 0. The van der Waals surface area contributed by atoms with Crippen molar-refractivity contribution < 1.29 is 0 Å². The Balaban J connectivity index is 0.000000205. The van der Waals surface area contributed by atoms with Crippen LogP contribution in [0.4, 0.5) is 0 Å². The lowest BCUT2D eigenvalue weighted by molar-refractivity contribution is 0.436. The Morgan fingerprint density at radius 3 is 1.94 bits per heavy atom. The number of rotatable bonds is 5. The highest BCUT2D eigenvalue weighted by Gasteiger charge is 2.30. The van der Waals surface area contributed by atoms with Crippen LogP contribution in [0.3, 0.4) is 0 Å². The Bertz CT molecular complexity index is 2780. The smallest absolute Gasteiger partial charge is 0.00343 e. The van der Waals surface area contributed by atoms with Gasteiger partial charge in [-0.15, -0.1) is 0 Å². The van der Waals surface area contributed by atoms with E-state index in [1.807, 2.05) is 20.8 Å². The second-order valence-corrected chi connectivity index (χ2v) is 17.3. The number of benzene rings is 7. The minimum Gasteiger partial charge on any atom is -0.0905 e. The fourth-order valence-electron chi connectivity index (χ4n) is 8.66. The Morgan fingerprint density at radius 2 is 1.29 bits per heavy atom. The predicted molar refractivity (Wildman–Crippen MR) is 279 cm³/mol. The summed E-state index contributed by atoms with van der Waals surface area (Å²) >= 11 is 0. The molecule has 0 amide bonds. The van der Waals surface area contributed by atoms with Crippen molar-refractivity contribution in [1.29, 1.82) is 0 Å². The number of hydrogen-bond acceptors (Lipinski definition) is 0. The van der Waals surface area contributed by atoms with Gasteiger partial charge in [-0.3, -0.25) is 0 Å². The van der Waals surface area contributed by atoms with Gasteiger partial charge in [-0.2, -0.15) is 0 Å². The van der Waals surface area contributed by atoms with Gasteiger partial charge in [0.1, 0.15) is 0 Å². The fourth-order valence-corrected chi connectivity index (χ4v) is 8.66. The molecule has 318 valence electrons. The van der Waals surface area contributed by atoms with E-state index in [1.165, 1.54) is 113 Å². The van der Waals surface area contributed by atoms with Gasteiger partial charge in [-0.05, 0) is 169 Å². The first-order valence-electron chi connectivity index (χ1n) is 22.8. The number of aryl methyl sites for hydroxylation is 5. The quantitative estimate of drug-likeness (QED) is 0.152. The molecule has 0 heteroatoms. The average Bonchev–Trinajstić information content (AvgIpc) is 3.51. The third kappa shape index (κ3) is 11.5. The summed E-state index contributed by atoms with van der Waals surface area (Å²) in [5, 5.41) is 7.60. The molecule has 0 radical (unpaired) electrons. The molecule has 0 N–H and O–H groups in total. The van der Waals surface area contributed by atoms with Crippen molar-refractivity contribution in [2.75, 3.05) is 0 Å². The molecule has 1 aliphatic carbocycles. The van der Waals surface area contributed by atoms with Crippen molar-refractivity contribution in [3.8, 4) is 22.3 Å². The summed E-state index contributed by atoms with van der Waals surface area (Å²) in [5.74, 6) is 0. The molecule has 0 aliphatic heterocycles. The fraction of sp³-hybridized carbons (Fsp3) is 0.258. The lowest BCUT2D eigenvalue weighted by atomic mass is 9.72. The first-order valence-corrected chi connectivity index (χ1v) is 22.8. The van der Waals surface area contributed by atoms with Crippen molar-refractivity contribution in [2.24, 2.45) is 0 Å². The van der Waals surface area contributed by atoms with Crippen LogP contribution >= 0.6 is 0 Å². The van der Waals surface area contributed by atoms with E-state index < -0.39 is 0 Å². The van der Waals surface area contributed by atoms with Crippen molar-refractivity contribution in [2.45, 2.75) is 107 Å². The first kappa shape index (κ1) is 47.1. The molecule has 0 bridgehead atoms. The van der Waals surface area contributed by atoms with Gasteiger partial charge in [0, 0.05) is 0 Å². The number of fused-ring (bicyclic) bond motifs is 2. The van der Waals surface area contributed by atoms with Crippen molar-refractivity contribution in [1.82, 2.24) is 0 Å². The van der Waals surface area contributed by atoms with Gasteiger partial charge in [0.25, 0.3) is 0 Å². The standard InChI is InChI=1S/C32H32.C20H22.C8H10.C2H6/c1-23-12-15-25(16-13-23)27-17-14-24(2)29(22-27)31-28-11-7-6-10-26(28)18-19-30(31)32(3)20-8-4-5-9-21-32;1-6-9-17-15(4)18-10-7-8-11-20(18)19(16(17)5)13-12-14(2)3;1-7-4-3-5-8(2)6-7;1-2/h4,6-8,10-19,22H,5,9,20-21H2,1-3H3;6-13H,5H2,1-4H3;3-6H,1-2H3;1-2H3/b;9-6-,19-13+;;. The zero-order valence-electron chi connectivity index (χ0n) is 39.6. The van der Waals surface area contributed by atoms with Gasteiger partial charge >= 0.3 is 0 Å². The minimum absolute atomic E-state index is 0.151. The van der Waals surface area contributed by atoms with E-state index in [-0.39, 0.29) is 5.41 Å². The molecule has 8 rings (SSSR count). The Morgan fingerprint density at radius 1 is 0.645 bits per heavy atom.